The fourth-order valence-corrected chi connectivity index (χ4v) is 5.42. The molecule has 2 aliphatic heterocycles. The zero-order valence-electron chi connectivity index (χ0n) is 16.2. The summed E-state index contributed by atoms with van der Waals surface area (Å²) < 4.78 is 5.02. The molecule has 0 bridgehead atoms. The topological polar surface area (TPSA) is 49.9 Å². The molecule has 3 fully saturated rings. The molecule has 2 amide bonds. The summed E-state index contributed by atoms with van der Waals surface area (Å²) in [4.78, 5) is 29.6. The number of rotatable bonds is 5. The molecule has 4 rings (SSSR count). The molecule has 0 N–H and O–H groups in total. The highest BCUT2D eigenvalue weighted by molar-refractivity contribution is 5.91. The molecule has 3 aliphatic rings. The van der Waals surface area contributed by atoms with Crippen LogP contribution in [-0.4, -0.2) is 54.5 Å². The molecule has 1 saturated carbocycles. The molecule has 0 aromatic heterocycles. The predicted octanol–water partition coefficient (Wildman–Crippen LogP) is 3.16. The van der Waals surface area contributed by atoms with Gasteiger partial charge in [-0.3, -0.25) is 9.59 Å². The van der Waals surface area contributed by atoms with Crippen molar-refractivity contribution >= 4 is 11.8 Å². The summed E-state index contributed by atoms with van der Waals surface area (Å²) in [6.07, 6.45) is 6.57. The maximum Gasteiger partial charge on any atom is 0.232 e. The van der Waals surface area contributed by atoms with E-state index in [-0.39, 0.29) is 23.4 Å². The van der Waals surface area contributed by atoms with E-state index in [0.717, 1.165) is 51.6 Å². The molecule has 5 nitrogen and oxygen atoms in total. The van der Waals surface area contributed by atoms with E-state index in [1.54, 1.807) is 7.11 Å². The van der Waals surface area contributed by atoms with E-state index in [0.29, 0.717) is 18.9 Å². The van der Waals surface area contributed by atoms with Crippen LogP contribution in [0.4, 0.5) is 0 Å². The average molecular weight is 370 g/mol. The van der Waals surface area contributed by atoms with Crippen LogP contribution in [0.15, 0.2) is 30.3 Å². The van der Waals surface area contributed by atoms with Crippen molar-refractivity contribution < 1.29 is 14.3 Å². The number of methoxy groups -OCH3 is 1. The number of carbonyl (C=O) groups excluding carboxylic acids is 2. The highest BCUT2D eigenvalue weighted by Crippen LogP contribution is 2.60. The van der Waals surface area contributed by atoms with E-state index in [1.165, 1.54) is 5.56 Å². The molecule has 1 unspecified atom stereocenters. The van der Waals surface area contributed by atoms with Crippen LogP contribution in [0.2, 0.25) is 0 Å². The summed E-state index contributed by atoms with van der Waals surface area (Å²) in [6.45, 7) is 1.96. The average Bonchev–Trinajstić information content (AvgIpc) is 3.23. The lowest BCUT2D eigenvalue weighted by Gasteiger charge is -2.59. The van der Waals surface area contributed by atoms with Gasteiger partial charge in [-0.05, 0) is 31.2 Å². The van der Waals surface area contributed by atoms with Crippen LogP contribution in [-0.2, 0) is 14.3 Å². The third-order valence-corrected chi connectivity index (χ3v) is 6.80. The van der Waals surface area contributed by atoms with E-state index >= 15 is 0 Å². The van der Waals surface area contributed by atoms with Gasteiger partial charge in [0.15, 0.2) is 0 Å². The number of hydrogen-bond donors (Lipinski definition) is 0. The summed E-state index contributed by atoms with van der Waals surface area (Å²) in [6, 6.07) is 11.0. The van der Waals surface area contributed by atoms with Crippen LogP contribution in [0.1, 0.15) is 56.6 Å². The van der Waals surface area contributed by atoms with Gasteiger partial charge < -0.3 is 14.5 Å². The minimum absolute atomic E-state index is 0.160. The van der Waals surface area contributed by atoms with E-state index < -0.39 is 0 Å². The van der Waals surface area contributed by atoms with Crippen molar-refractivity contribution in [1.82, 2.24) is 9.80 Å². The zero-order chi connectivity index (χ0) is 18.9. The normalized spacial score (nSPS) is 25.1. The van der Waals surface area contributed by atoms with Gasteiger partial charge in [-0.15, -0.1) is 0 Å². The van der Waals surface area contributed by atoms with E-state index in [2.05, 4.69) is 29.2 Å². The number of benzene rings is 1. The number of carbonyl (C=O) groups is 2. The molecule has 1 aliphatic carbocycles. The van der Waals surface area contributed by atoms with Crippen LogP contribution in [0.3, 0.4) is 0 Å². The minimum atomic E-state index is -0.160. The lowest BCUT2D eigenvalue weighted by atomic mass is 9.65. The number of piperidine rings is 1. The molecule has 0 radical (unpaired) electrons. The lowest BCUT2D eigenvalue weighted by molar-refractivity contribution is -0.181. The zero-order valence-corrected chi connectivity index (χ0v) is 16.2. The number of nitrogens with zero attached hydrogens (tertiary/aromatic N) is 2. The molecule has 1 aromatic rings. The summed E-state index contributed by atoms with van der Waals surface area (Å²) >= 11 is 0. The van der Waals surface area contributed by atoms with Gasteiger partial charge >= 0.3 is 0 Å². The summed E-state index contributed by atoms with van der Waals surface area (Å²) in [5.41, 5.74) is 1.12. The maximum absolute atomic E-state index is 13.3. The fraction of sp³-hybridized carbons (Fsp3) is 0.636. The lowest BCUT2D eigenvalue weighted by Crippen LogP contribution is -2.66. The van der Waals surface area contributed by atoms with Crippen LogP contribution in [0, 0.1) is 5.41 Å². The first-order valence-corrected chi connectivity index (χ1v) is 10.3. The van der Waals surface area contributed by atoms with Gasteiger partial charge in [0.1, 0.15) is 0 Å². The number of likely N-dealkylation sites (tertiary alicyclic amines) is 2. The van der Waals surface area contributed by atoms with Crippen LogP contribution in [0.5, 0.6) is 0 Å². The number of ether oxygens (including phenoxy) is 1. The SMILES string of the molecule is COCCC(=O)N1CCC(N2C(=O)C3(CCCC3)C2c2ccccc2)CC1. The van der Waals surface area contributed by atoms with Crippen molar-refractivity contribution in [3.8, 4) is 0 Å². The molecule has 1 aromatic carbocycles. The Morgan fingerprint density at radius 1 is 1.15 bits per heavy atom. The second-order valence-electron chi connectivity index (χ2n) is 8.24. The molecule has 2 saturated heterocycles. The Kier molecular flexibility index (Phi) is 5.22. The number of β-lactam (4-membered cyclic amide) rings is 1. The Morgan fingerprint density at radius 3 is 2.44 bits per heavy atom. The first kappa shape index (κ1) is 18.5. The van der Waals surface area contributed by atoms with Gasteiger partial charge in [0.25, 0.3) is 0 Å². The predicted molar refractivity (Wildman–Crippen MR) is 103 cm³/mol. The molecule has 1 atom stereocenters. The Labute approximate surface area is 161 Å². The second-order valence-corrected chi connectivity index (χ2v) is 8.24. The van der Waals surface area contributed by atoms with E-state index in [1.807, 2.05) is 11.0 Å². The standard InChI is InChI=1S/C22H30N2O3/c1-27-16-11-19(25)23-14-9-18(10-15-23)24-20(17-7-3-2-4-8-17)22(21(24)26)12-5-6-13-22/h2-4,7-8,18,20H,5-6,9-16H2,1H3. The monoisotopic (exact) mass is 370 g/mol. The molecule has 27 heavy (non-hydrogen) atoms. The van der Waals surface area contributed by atoms with Crippen molar-refractivity contribution in [2.75, 3.05) is 26.8 Å². The quantitative estimate of drug-likeness (QED) is 0.748. The summed E-state index contributed by atoms with van der Waals surface area (Å²) in [7, 11) is 1.62. The fourth-order valence-electron chi connectivity index (χ4n) is 5.42. The smallest absolute Gasteiger partial charge is 0.232 e. The highest BCUT2D eigenvalue weighted by atomic mass is 16.5. The third kappa shape index (κ3) is 3.16. The van der Waals surface area contributed by atoms with Crippen molar-refractivity contribution in [3.05, 3.63) is 35.9 Å². The molecule has 1 spiro atoms. The van der Waals surface area contributed by atoms with Crippen molar-refractivity contribution in [3.63, 3.8) is 0 Å². The minimum Gasteiger partial charge on any atom is -0.384 e. The van der Waals surface area contributed by atoms with Gasteiger partial charge in [0, 0.05) is 26.2 Å². The first-order chi connectivity index (χ1) is 13.2. The Hall–Kier alpha value is -1.88. The summed E-state index contributed by atoms with van der Waals surface area (Å²) in [5, 5.41) is 0. The molecule has 5 heteroatoms. The Bertz CT molecular complexity index is 676. The third-order valence-electron chi connectivity index (χ3n) is 6.80. The second kappa shape index (κ2) is 7.63. The number of amides is 2. The van der Waals surface area contributed by atoms with Crippen molar-refractivity contribution in [2.24, 2.45) is 5.41 Å². The van der Waals surface area contributed by atoms with Gasteiger partial charge in [0.05, 0.1) is 24.5 Å². The largest absolute Gasteiger partial charge is 0.384 e. The van der Waals surface area contributed by atoms with Crippen LogP contribution in [0.25, 0.3) is 0 Å². The van der Waals surface area contributed by atoms with Crippen molar-refractivity contribution in [1.29, 1.82) is 0 Å². The molecular weight excluding hydrogens is 340 g/mol. The highest BCUT2D eigenvalue weighted by Gasteiger charge is 2.63. The van der Waals surface area contributed by atoms with Gasteiger partial charge in [0.2, 0.25) is 11.8 Å². The maximum atomic E-state index is 13.3. The van der Waals surface area contributed by atoms with Crippen LogP contribution >= 0.6 is 0 Å². The molecular formula is C22H30N2O3. The summed E-state index contributed by atoms with van der Waals surface area (Å²) in [5.74, 6) is 0.523. The number of hydrogen-bond acceptors (Lipinski definition) is 3. The van der Waals surface area contributed by atoms with E-state index in [9.17, 15) is 9.59 Å². The van der Waals surface area contributed by atoms with Gasteiger partial charge in [-0.2, -0.15) is 0 Å². The van der Waals surface area contributed by atoms with Gasteiger partial charge in [-0.1, -0.05) is 43.2 Å². The Balaban J connectivity index is 1.47. The molecule has 146 valence electrons. The first-order valence-electron chi connectivity index (χ1n) is 10.3. The van der Waals surface area contributed by atoms with E-state index in [4.69, 9.17) is 4.74 Å². The van der Waals surface area contributed by atoms with Crippen LogP contribution < -0.4 is 0 Å². The van der Waals surface area contributed by atoms with Gasteiger partial charge in [-0.25, -0.2) is 0 Å². The molecule has 2 heterocycles. The Morgan fingerprint density at radius 2 is 1.81 bits per heavy atom. The van der Waals surface area contributed by atoms with Crippen molar-refractivity contribution in [2.45, 2.75) is 57.0 Å².